The van der Waals surface area contributed by atoms with E-state index in [9.17, 15) is 4.39 Å². The Morgan fingerprint density at radius 2 is 2.00 bits per heavy atom. The molecule has 0 radical (unpaired) electrons. The zero-order valence-corrected chi connectivity index (χ0v) is 9.16. The number of nitrogens with one attached hydrogen (secondary N) is 1. The van der Waals surface area contributed by atoms with Crippen LogP contribution < -0.4 is 5.32 Å². The molecule has 0 bridgehead atoms. The van der Waals surface area contributed by atoms with Gasteiger partial charge in [0, 0.05) is 16.9 Å². The van der Waals surface area contributed by atoms with Crippen LogP contribution in [0.2, 0.25) is 0 Å². The van der Waals surface area contributed by atoms with E-state index < -0.39 is 0 Å². The molecule has 4 heteroatoms. The molecule has 0 aliphatic rings. The van der Waals surface area contributed by atoms with Crippen molar-refractivity contribution in [3.05, 3.63) is 47.7 Å². The topological polar surface area (TPSA) is 37.8 Å². The standard InChI is InChI=1S/C12H12FN3/c1-8-9(2)14-7-15-12(8)16-11-5-3-4-10(13)6-11/h3-7H,1-2H3,(H,14,15,16). The Balaban J connectivity index is 2.31. The molecule has 16 heavy (non-hydrogen) atoms. The van der Waals surface area contributed by atoms with Gasteiger partial charge in [0.1, 0.15) is 18.0 Å². The van der Waals surface area contributed by atoms with E-state index in [1.165, 1.54) is 18.5 Å². The molecule has 82 valence electrons. The molecular weight excluding hydrogens is 205 g/mol. The fourth-order valence-corrected chi connectivity index (χ4v) is 1.37. The van der Waals surface area contributed by atoms with Crippen LogP contribution in [0.1, 0.15) is 11.3 Å². The Morgan fingerprint density at radius 3 is 2.75 bits per heavy atom. The lowest BCUT2D eigenvalue weighted by Crippen LogP contribution is -1.99. The van der Waals surface area contributed by atoms with Gasteiger partial charge in [0.05, 0.1) is 0 Å². The largest absolute Gasteiger partial charge is 0.340 e. The molecule has 0 aliphatic carbocycles. The Kier molecular flexibility index (Phi) is 2.81. The number of rotatable bonds is 2. The second kappa shape index (κ2) is 4.26. The first-order valence-corrected chi connectivity index (χ1v) is 4.97. The summed E-state index contributed by atoms with van der Waals surface area (Å²) in [4.78, 5) is 8.19. The first-order valence-electron chi connectivity index (χ1n) is 4.97. The maximum atomic E-state index is 13.0. The molecule has 3 nitrogen and oxygen atoms in total. The Labute approximate surface area is 93.4 Å². The van der Waals surface area contributed by atoms with Crippen LogP contribution in [0.15, 0.2) is 30.6 Å². The van der Waals surface area contributed by atoms with Gasteiger partial charge in [-0.2, -0.15) is 0 Å². The number of halogens is 1. The molecule has 0 unspecified atom stereocenters. The number of aromatic nitrogens is 2. The smallest absolute Gasteiger partial charge is 0.136 e. The molecule has 2 aromatic rings. The van der Waals surface area contributed by atoms with E-state index in [1.807, 2.05) is 13.8 Å². The highest BCUT2D eigenvalue weighted by molar-refractivity contribution is 5.59. The van der Waals surface area contributed by atoms with Crippen LogP contribution in [-0.2, 0) is 0 Å². The Hall–Kier alpha value is -1.97. The third kappa shape index (κ3) is 2.16. The summed E-state index contributed by atoms with van der Waals surface area (Å²) in [5.41, 5.74) is 2.56. The van der Waals surface area contributed by atoms with Crippen LogP contribution in [0.4, 0.5) is 15.9 Å². The van der Waals surface area contributed by atoms with Crippen LogP contribution in [0.25, 0.3) is 0 Å². The minimum atomic E-state index is -0.270. The quantitative estimate of drug-likeness (QED) is 0.840. The molecule has 0 aliphatic heterocycles. The molecule has 2 rings (SSSR count). The second-order valence-electron chi connectivity index (χ2n) is 3.57. The van der Waals surface area contributed by atoms with Gasteiger partial charge >= 0.3 is 0 Å². The SMILES string of the molecule is Cc1ncnc(Nc2cccc(F)c2)c1C. The molecule has 1 aromatic heterocycles. The minimum Gasteiger partial charge on any atom is -0.340 e. The van der Waals surface area contributed by atoms with Crippen LogP contribution >= 0.6 is 0 Å². The predicted molar refractivity (Wildman–Crippen MR) is 61.2 cm³/mol. The average Bonchev–Trinajstić information content (AvgIpc) is 2.25. The van der Waals surface area contributed by atoms with Crippen molar-refractivity contribution >= 4 is 11.5 Å². The number of hydrogen-bond donors (Lipinski definition) is 1. The van der Waals surface area contributed by atoms with Crippen LogP contribution in [-0.4, -0.2) is 9.97 Å². The highest BCUT2D eigenvalue weighted by atomic mass is 19.1. The summed E-state index contributed by atoms with van der Waals surface area (Å²) in [6.45, 7) is 3.84. The van der Waals surface area contributed by atoms with Crippen molar-refractivity contribution in [1.82, 2.24) is 9.97 Å². The monoisotopic (exact) mass is 217 g/mol. The number of anilines is 2. The third-order valence-corrected chi connectivity index (χ3v) is 2.42. The molecule has 1 heterocycles. The van der Waals surface area contributed by atoms with Crippen LogP contribution in [0.3, 0.4) is 0 Å². The summed E-state index contributed by atoms with van der Waals surface area (Å²) >= 11 is 0. The fraction of sp³-hybridized carbons (Fsp3) is 0.167. The van der Waals surface area contributed by atoms with Crippen molar-refractivity contribution in [2.45, 2.75) is 13.8 Å². The molecule has 0 atom stereocenters. The van der Waals surface area contributed by atoms with Gasteiger partial charge in [-0.25, -0.2) is 14.4 Å². The summed E-state index contributed by atoms with van der Waals surface area (Å²) < 4.78 is 13.0. The molecule has 1 N–H and O–H groups in total. The summed E-state index contributed by atoms with van der Waals surface area (Å²) in [7, 11) is 0. The second-order valence-corrected chi connectivity index (χ2v) is 3.57. The zero-order chi connectivity index (χ0) is 11.5. The molecule has 0 saturated heterocycles. The molecule has 0 spiro atoms. The first kappa shape index (κ1) is 10.5. The van der Waals surface area contributed by atoms with Gasteiger partial charge in [-0.05, 0) is 32.0 Å². The van der Waals surface area contributed by atoms with Crippen molar-refractivity contribution in [3.8, 4) is 0 Å². The van der Waals surface area contributed by atoms with Crippen LogP contribution in [0, 0.1) is 19.7 Å². The molecule has 0 saturated carbocycles. The Morgan fingerprint density at radius 1 is 1.19 bits per heavy atom. The lowest BCUT2D eigenvalue weighted by Gasteiger charge is -2.09. The number of aryl methyl sites for hydroxylation is 1. The van der Waals surface area contributed by atoms with Gasteiger partial charge in [-0.3, -0.25) is 0 Å². The Bertz CT molecular complexity index is 511. The summed E-state index contributed by atoms with van der Waals surface area (Å²) in [6, 6.07) is 6.28. The lowest BCUT2D eigenvalue weighted by atomic mass is 10.2. The zero-order valence-electron chi connectivity index (χ0n) is 9.16. The van der Waals surface area contributed by atoms with Crippen molar-refractivity contribution in [2.24, 2.45) is 0 Å². The van der Waals surface area contributed by atoms with E-state index in [0.29, 0.717) is 11.5 Å². The van der Waals surface area contributed by atoms with Gasteiger partial charge in [0.25, 0.3) is 0 Å². The summed E-state index contributed by atoms with van der Waals surface area (Å²) in [5.74, 6) is 0.437. The van der Waals surface area contributed by atoms with Crippen LogP contribution in [0.5, 0.6) is 0 Å². The lowest BCUT2D eigenvalue weighted by molar-refractivity contribution is 0.628. The molecular formula is C12H12FN3. The molecule has 1 aromatic carbocycles. The number of hydrogen-bond acceptors (Lipinski definition) is 3. The van der Waals surface area contributed by atoms with Gasteiger partial charge in [-0.1, -0.05) is 6.07 Å². The summed E-state index contributed by atoms with van der Waals surface area (Å²) in [6.07, 6.45) is 1.49. The third-order valence-electron chi connectivity index (χ3n) is 2.42. The maximum absolute atomic E-state index is 13.0. The molecule has 0 amide bonds. The van der Waals surface area contributed by atoms with E-state index in [4.69, 9.17) is 0 Å². The maximum Gasteiger partial charge on any atom is 0.136 e. The van der Waals surface area contributed by atoms with E-state index in [-0.39, 0.29) is 5.82 Å². The normalized spacial score (nSPS) is 10.2. The van der Waals surface area contributed by atoms with Gasteiger partial charge in [0.2, 0.25) is 0 Å². The number of benzene rings is 1. The minimum absolute atomic E-state index is 0.270. The average molecular weight is 217 g/mol. The highest BCUT2D eigenvalue weighted by Crippen LogP contribution is 2.19. The summed E-state index contributed by atoms with van der Waals surface area (Å²) in [5, 5.41) is 3.06. The van der Waals surface area contributed by atoms with Gasteiger partial charge < -0.3 is 5.32 Å². The number of nitrogens with zero attached hydrogens (tertiary/aromatic N) is 2. The van der Waals surface area contributed by atoms with E-state index in [0.717, 1.165) is 11.3 Å². The van der Waals surface area contributed by atoms with Crippen molar-refractivity contribution in [2.75, 3.05) is 5.32 Å². The van der Waals surface area contributed by atoms with Crippen molar-refractivity contribution in [1.29, 1.82) is 0 Å². The fourth-order valence-electron chi connectivity index (χ4n) is 1.37. The van der Waals surface area contributed by atoms with Gasteiger partial charge in [0.15, 0.2) is 0 Å². The first-order chi connectivity index (χ1) is 7.66. The van der Waals surface area contributed by atoms with E-state index in [2.05, 4.69) is 15.3 Å². The predicted octanol–water partition coefficient (Wildman–Crippen LogP) is 2.98. The molecule has 0 fully saturated rings. The van der Waals surface area contributed by atoms with E-state index in [1.54, 1.807) is 12.1 Å². The highest BCUT2D eigenvalue weighted by Gasteiger charge is 2.03. The van der Waals surface area contributed by atoms with Crippen molar-refractivity contribution < 1.29 is 4.39 Å². The van der Waals surface area contributed by atoms with Crippen molar-refractivity contribution in [3.63, 3.8) is 0 Å². The van der Waals surface area contributed by atoms with Gasteiger partial charge in [-0.15, -0.1) is 0 Å². The van der Waals surface area contributed by atoms with E-state index >= 15 is 0 Å².